The molecule has 132 valence electrons. The molecular formula is C17H22FNO5. The predicted molar refractivity (Wildman–Crippen MR) is 84.0 cm³/mol. The summed E-state index contributed by atoms with van der Waals surface area (Å²) in [6.07, 6.45) is -0.102. The van der Waals surface area contributed by atoms with Gasteiger partial charge in [0.15, 0.2) is 0 Å². The monoisotopic (exact) mass is 339 g/mol. The van der Waals surface area contributed by atoms with Crippen molar-refractivity contribution in [3.63, 3.8) is 0 Å². The van der Waals surface area contributed by atoms with E-state index < -0.39 is 24.0 Å². The third kappa shape index (κ3) is 4.92. The summed E-state index contributed by atoms with van der Waals surface area (Å²) in [6.45, 7) is 2.47. The first-order valence-electron chi connectivity index (χ1n) is 8.01. The van der Waals surface area contributed by atoms with Gasteiger partial charge in [-0.05, 0) is 37.5 Å². The topological polar surface area (TPSA) is 76.1 Å². The van der Waals surface area contributed by atoms with Gasteiger partial charge in [-0.3, -0.25) is 0 Å². The molecule has 0 spiro atoms. The van der Waals surface area contributed by atoms with E-state index in [1.165, 1.54) is 17.0 Å². The fourth-order valence-corrected chi connectivity index (χ4v) is 2.98. The minimum atomic E-state index is -0.983. The van der Waals surface area contributed by atoms with Crippen molar-refractivity contribution in [2.75, 3.05) is 26.3 Å². The van der Waals surface area contributed by atoms with Crippen LogP contribution in [0.3, 0.4) is 0 Å². The van der Waals surface area contributed by atoms with Crippen LogP contribution in [-0.2, 0) is 14.3 Å². The maximum absolute atomic E-state index is 13.6. The summed E-state index contributed by atoms with van der Waals surface area (Å²) >= 11 is 0. The molecule has 1 aliphatic heterocycles. The second kappa shape index (κ2) is 8.63. The van der Waals surface area contributed by atoms with Crippen LogP contribution < -0.4 is 0 Å². The number of piperidine rings is 1. The normalized spacial score (nSPS) is 18.9. The van der Waals surface area contributed by atoms with Crippen molar-refractivity contribution in [3.05, 3.63) is 35.6 Å². The number of carbonyl (C=O) groups excluding carboxylic acids is 1. The Morgan fingerprint density at radius 3 is 2.92 bits per heavy atom. The minimum absolute atomic E-state index is 0.147. The lowest BCUT2D eigenvalue weighted by molar-refractivity contribution is -0.152. The lowest BCUT2D eigenvalue weighted by atomic mass is 9.88. The molecule has 2 atom stereocenters. The molecule has 1 amide bonds. The molecule has 0 saturated carbocycles. The van der Waals surface area contributed by atoms with Crippen LogP contribution in [0, 0.1) is 11.7 Å². The lowest BCUT2D eigenvalue weighted by Gasteiger charge is -2.35. The van der Waals surface area contributed by atoms with Crippen LogP contribution >= 0.6 is 0 Å². The lowest BCUT2D eigenvalue weighted by Crippen LogP contribution is -2.41. The number of rotatable bonds is 6. The van der Waals surface area contributed by atoms with E-state index >= 15 is 0 Å². The highest BCUT2D eigenvalue weighted by Crippen LogP contribution is 2.33. The Kier molecular flexibility index (Phi) is 6.54. The fraction of sp³-hybridized carbons (Fsp3) is 0.529. The van der Waals surface area contributed by atoms with Gasteiger partial charge in [-0.2, -0.15) is 0 Å². The summed E-state index contributed by atoms with van der Waals surface area (Å²) in [5, 5.41) is 9.19. The van der Waals surface area contributed by atoms with Crippen LogP contribution in [-0.4, -0.2) is 48.4 Å². The van der Waals surface area contributed by atoms with Gasteiger partial charge in [0.1, 0.15) is 12.4 Å². The Hall–Kier alpha value is -2.15. The number of benzene rings is 1. The molecule has 2 unspecified atom stereocenters. The van der Waals surface area contributed by atoms with Gasteiger partial charge in [-0.15, -0.1) is 0 Å². The number of amides is 1. The first kappa shape index (κ1) is 18.2. The van der Waals surface area contributed by atoms with Crippen LogP contribution in [0.15, 0.2) is 24.3 Å². The van der Waals surface area contributed by atoms with Crippen molar-refractivity contribution in [2.24, 2.45) is 5.92 Å². The van der Waals surface area contributed by atoms with E-state index in [1.807, 2.05) is 0 Å². The van der Waals surface area contributed by atoms with E-state index in [1.54, 1.807) is 19.1 Å². The van der Waals surface area contributed by atoms with Crippen molar-refractivity contribution in [3.8, 4) is 0 Å². The van der Waals surface area contributed by atoms with E-state index in [2.05, 4.69) is 0 Å². The number of esters is 1. The van der Waals surface area contributed by atoms with Crippen LogP contribution in [0.4, 0.5) is 9.18 Å². The average Bonchev–Trinajstić information content (AvgIpc) is 2.55. The summed E-state index contributed by atoms with van der Waals surface area (Å²) in [4.78, 5) is 24.1. The van der Waals surface area contributed by atoms with E-state index in [0.29, 0.717) is 25.1 Å². The van der Waals surface area contributed by atoms with E-state index in [4.69, 9.17) is 9.47 Å². The quantitative estimate of drug-likeness (QED) is 0.807. The van der Waals surface area contributed by atoms with Gasteiger partial charge in [0.2, 0.25) is 0 Å². The molecule has 7 heteroatoms. The fourth-order valence-electron chi connectivity index (χ4n) is 2.98. The molecule has 1 N–H and O–H groups in total. The molecule has 1 aliphatic rings. The van der Waals surface area contributed by atoms with Crippen molar-refractivity contribution in [2.45, 2.75) is 25.9 Å². The molecule has 0 radical (unpaired) electrons. The standard InChI is InChI=1S/C17H22FNO5/c1-2-23-15(20)11-24-16(12-5-3-7-14(18)9-12)13-6-4-8-19(10-13)17(21)22/h3,5,7,9,13,16H,2,4,6,8,10-11H2,1H3,(H,21,22). The molecule has 24 heavy (non-hydrogen) atoms. The number of nitrogens with zero attached hydrogens (tertiary/aromatic N) is 1. The average molecular weight is 339 g/mol. The SMILES string of the molecule is CCOC(=O)COC(c1cccc(F)c1)C1CCCN(C(=O)O)C1. The Bertz CT molecular complexity index is 580. The zero-order valence-corrected chi connectivity index (χ0v) is 13.6. The summed E-state index contributed by atoms with van der Waals surface area (Å²) in [5.74, 6) is -1.04. The largest absolute Gasteiger partial charge is 0.465 e. The smallest absolute Gasteiger partial charge is 0.407 e. The number of ether oxygens (including phenoxy) is 2. The van der Waals surface area contributed by atoms with Crippen molar-refractivity contribution < 1.29 is 28.6 Å². The van der Waals surface area contributed by atoms with Crippen LogP contribution in [0.2, 0.25) is 0 Å². The number of hydrogen-bond acceptors (Lipinski definition) is 4. The van der Waals surface area contributed by atoms with Gasteiger partial charge in [-0.1, -0.05) is 12.1 Å². The summed E-state index contributed by atoms with van der Waals surface area (Å²) in [6, 6.07) is 5.98. The van der Waals surface area contributed by atoms with Crippen LogP contribution in [0.25, 0.3) is 0 Å². The molecule has 0 bridgehead atoms. The molecule has 2 rings (SSSR count). The number of carboxylic acid groups (broad SMARTS) is 1. The maximum atomic E-state index is 13.6. The highest BCUT2D eigenvalue weighted by molar-refractivity contribution is 5.70. The first-order chi connectivity index (χ1) is 11.5. The van der Waals surface area contributed by atoms with E-state index in [0.717, 1.165) is 6.42 Å². The van der Waals surface area contributed by atoms with Crippen LogP contribution in [0.1, 0.15) is 31.4 Å². The van der Waals surface area contributed by atoms with E-state index in [-0.39, 0.29) is 19.1 Å². The molecular weight excluding hydrogens is 317 g/mol. The summed E-state index contributed by atoms with van der Waals surface area (Å²) in [7, 11) is 0. The third-order valence-electron chi connectivity index (χ3n) is 4.02. The van der Waals surface area contributed by atoms with Gasteiger partial charge < -0.3 is 19.5 Å². The predicted octanol–water partition coefficient (Wildman–Crippen LogP) is 2.84. The summed E-state index contributed by atoms with van der Waals surface area (Å²) in [5.41, 5.74) is 0.594. The third-order valence-corrected chi connectivity index (χ3v) is 4.02. The van der Waals surface area contributed by atoms with Gasteiger partial charge in [-0.25, -0.2) is 14.0 Å². The molecule has 1 aromatic rings. The number of halogens is 1. The number of likely N-dealkylation sites (tertiary alicyclic amines) is 1. The number of hydrogen-bond donors (Lipinski definition) is 1. The Balaban J connectivity index is 2.15. The van der Waals surface area contributed by atoms with Crippen molar-refractivity contribution >= 4 is 12.1 Å². The second-order valence-corrected chi connectivity index (χ2v) is 5.72. The second-order valence-electron chi connectivity index (χ2n) is 5.72. The highest BCUT2D eigenvalue weighted by atomic mass is 19.1. The zero-order chi connectivity index (χ0) is 17.5. The van der Waals surface area contributed by atoms with Gasteiger partial charge in [0.05, 0.1) is 12.7 Å². The molecule has 6 nitrogen and oxygen atoms in total. The van der Waals surface area contributed by atoms with Gasteiger partial charge >= 0.3 is 12.1 Å². The summed E-state index contributed by atoms with van der Waals surface area (Å²) < 4.78 is 24.1. The molecule has 1 saturated heterocycles. The molecule has 1 aromatic carbocycles. The molecule has 0 aliphatic carbocycles. The Morgan fingerprint density at radius 2 is 2.25 bits per heavy atom. The van der Waals surface area contributed by atoms with Crippen LogP contribution in [0.5, 0.6) is 0 Å². The van der Waals surface area contributed by atoms with Gasteiger partial charge in [0.25, 0.3) is 0 Å². The number of carbonyl (C=O) groups is 2. The molecule has 1 heterocycles. The van der Waals surface area contributed by atoms with Crippen molar-refractivity contribution in [1.29, 1.82) is 0 Å². The van der Waals surface area contributed by atoms with Gasteiger partial charge in [0, 0.05) is 19.0 Å². The maximum Gasteiger partial charge on any atom is 0.407 e. The molecule has 1 fully saturated rings. The Labute approximate surface area is 140 Å². The van der Waals surface area contributed by atoms with E-state index in [9.17, 15) is 19.1 Å². The minimum Gasteiger partial charge on any atom is -0.465 e. The first-order valence-corrected chi connectivity index (χ1v) is 8.01. The Morgan fingerprint density at radius 1 is 1.46 bits per heavy atom. The zero-order valence-electron chi connectivity index (χ0n) is 13.6. The molecule has 0 aromatic heterocycles. The van der Waals surface area contributed by atoms with Crippen molar-refractivity contribution in [1.82, 2.24) is 4.90 Å². The highest BCUT2D eigenvalue weighted by Gasteiger charge is 2.31.